The zero-order valence-electron chi connectivity index (χ0n) is 20.7. The van der Waals surface area contributed by atoms with Gasteiger partial charge in [0.05, 0.1) is 11.2 Å². The average Bonchev–Trinajstić information content (AvgIpc) is 2.86. The lowest BCUT2D eigenvalue weighted by Crippen LogP contribution is -2.35. The summed E-state index contributed by atoms with van der Waals surface area (Å²) in [7, 11) is 1.83. The molecule has 7 nitrogen and oxygen atoms in total. The molecule has 5 rings (SSSR count). The number of fused-ring (bicyclic) bond motifs is 2. The SMILES string of the molecule is CC(=O)Nc1ccc2nc(CN3CCc4c(cc(-c5cccc(C(C)=O)c5)c(=O)n4C)C3)ccc2c1. The first-order chi connectivity index (χ1) is 17.3. The lowest BCUT2D eigenvalue weighted by atomic mass is 9.97. The number of hydrogen-bond acceptors (Lipinski definition) is 5. The highest BCUT2D eigenvalue weighted by Gasteiger charge is 2.22. The molecule has 0 aliphatic carbocycles. The molecule has 2 aromatic carbocycles. The minimum atomic E-state index is -0.100. The number of hydrogen-bond donors (Lipinski definition) is 1. The van der Waals surface area contributed by atoms with Crippen molar-refractivity contribution in [3.05, 3.63) is 93.5 Å². The molecular formula is C29H28N4O3. The average molecular weight is 481 g/mol. The molecule has 0 fully saturated rings. The fourth-order valence-electron chi connectivity index (χ4n) is 4.90. The summed E-state index contributed by atoms with van der Waals surface area (Å²) in [6.45, 7) is 5.27. The van der Waals surface area contributed by atoms with E-state index in [2.05, 4.69) is 10.2 Å². The molecule has 4 aromatic rings. The summed E-state index contributed by atoms with van der Waals surface area (Å²) in [6, 6.07) is 19.0. The normalized spacial score (nSPS) is 13.4. The summed E-state index contributed by atoms with van der Waals surface area (Å²) in [6.07, 6.45) is 0.780. The molecule has 0 bridgehead atoms. The number of pyridine rings is 2. The summed E-state index contributed by atoms with van der Waals surface area (Å²) in [5.41, 5.74) is 6.71. The van der Waals surface area contributed by atoms with Gasteiger partial charge in [-0.05, 0) is 54.4 Å². The second-order valence-corrected chi connectivity index (χ2v) is 9.38. The van der Waals surface area contributed by atoms with E-state index in [0.29, 0.717) is 24.2 Å². The Bertz CT molecular complexity index is 1570. The van der Waals surface area contributed by atoms with Crippen LogP contribution in [0.1, 0.15) is 41.2 Å². The van der Waals surface area contributed by atoms with Crippen LogP contribution in [-0.2, 0) is 31.4 Å². The summed E-state index contributed by atoms with van der Waals surface area (Å²) in [4.78, 5) is 43.5. The van der Waals surface area contributed by atoms with Crippen LogP contribution in [0.5, 0.6) is 0 Å². The quantitative estimate of drug-likeness (QED) is 0.430. The summed E-state index contributed by atoms with van der Waals surface area (Å²) in [5, 5.41) is 3.78. The van der Waals surface area contributed by atoms with Gasteiger partial charge in [-0.3, -0.25) is 24.3 Å². The maximum absolute atomic E-state index is 13.1. The van der Waals surface area contributed by atoms with Gasteiger partial charge in [-0.25, -0.2) is 0 Å². The third-order valence-electron chi connectivity index (χ3n) is 6.72. The van der Waals surface area contributed by atoms with E-state index in [0.717, 1.165) is 52.1 Å². The van der Waals surface area contributed by atoms with E-state index in [9.17, 15) is 14.4 Å². The number of benzene rings is 2. The molecule has 182 valence electrons. The number of nitrogens with one attached hydrogen (secondary N) is 1. The highest BCUT2D eigenvalue weighted by atomic mass is 16.1. The zero-order chi connectivity index (χ0) is 25.4. The molecular weight excluding hydrogens is 452 g/mol. The standard InChI is InChI=1S/C29H28N4O3/c1-18(34)20-5-4-6-21(13-20)26-15-23-16-33(12-11-28(23)32(3)29(26)36)17-25-8-7-22-14-24(30-19(2)35)9-10-27(22)31-25/h4-10,13-15H,11-12,16-17H2,1-3H3,(H,30,35). The summed E-state index contributed by atoms with van der Waals surface area (Å²) in [5.74, 6) is -0.122. The van der Waals surface area contributed by atoms with Crippen LogP contribution in [0.25, 0.3) is 22.0 Å². The van der Waals surface area contributed by atoms with Crippen molar-refractivity contribution in [3.8, 4) is 11.1 Å². The number of aromatic nitrogens is 2. The molecule has 0 radical (unpaired) electrons. The van der Waals surface area contributed by atoms with Crippen molar-refractivity contribution in [2.24, 2.45) is 7.05 Å². The summed E-state index contributed by atoms with van der Waals surface area (Å²) >= 11 is 0. The van der Waals surface area contributed by atoms with Crippen LogP contribution >= 0.6 is 0 Å². The largest absolute Gasteiger partial charge is 0.326 e. The third kappa shape index (κ3) is 4.70. The van der Waals surface area contributed by atoms with E-state index in [1.165, 1.54) is 13.8 Å². The van der Waals surface area contributed by atoms with E-state index in [4.69, 9.17) is 4.98 Å². The van der Waals surface area contributed by atoms with Gasteiger partial charge in [-0.2, -0.15) is 0 Å². The number of carbonyl (C=O) groups excluding carboxylic acids is 2. The smallest absolute Gasteiger partial charge is 0.258 e. The lowest BCUT2D eigenvalue weighted by Gasteiger charge is -2.30. The maximum atomic E-state index is 13.1. The van der Waals surface area contributed by atoms with Gasteiger partial charge in [-0.1, -0.05) is 24.3 Å². The molecule has 0 atom stereocenters. The molecule has 1 amide bonds. The highest BCUT2D eigenvalue weighted by molar-refractivity contribution is 5.95. The van der Waals surface area contributed by atoms with Gasteiger partial charge in [0.25, 0.3) is 5.56 Å². The van der Waals surface area contributed by atoms with E-state index in [-0.39, 0.29) is 17.2 Å². The topological polar surface area (TPSA) is 84.3 Å². The number of anilines is 1. The van der Waals surface area contributed by atoms with E-state index in [1.807, 2.05) is 55.6 Å². The number of Topliss-reactive ketones (excluding diaryl/α,β-unsaturated/α-hetero) is 1. The van der Waals surface area contributed by atoms with Crippen LogP contribution in [0.15, 0.2) is 65.5 Å². The molecule has 0 saturated carbocycles. The second kappa shape index (κ2) is 9.51. The minimum absolute atomic E-state index is 0.0213. The molecule has 3 heterocycles. The zero-order valence-corrected chi connectivity index (χ0v) is 20.7. The fraction of sp³-hybridized carbons (Fsp3) is 0.241. The number of ketones is 1. The van der Waals surface area contributed by atoms with Gasteiger partial charge < -0.3 is 9.88 Å². The first kappa shape index (κ1) is 23.6. The number of rotatable bonds is 5. The number of nitrogens with zero attached hydrogens (tertiary/aromatic N) is 3. The Hall–Kier alpha value is -4.10. The maximum Gasteiger partial charge on any atom is 0.258 e. The fourth-order valence-corrected chi connectivity index (χ4v) is 4.90. The van der Waals surface area contributed by atoms with Gasteiger partial charge in [0.2, 0.25) is 5.91 Å². The monoisotopic (exact) mass is 480 g/mol. The molecule has 0 spiro atoms. The van der Waals surface area contributed by atoms with Crippen LogP contribution in [-0.4, -0.2) is 32.7 Å². The Labute approximate surface area is 209 Å². The van der Waals surface area contributed by atoms with Gasteiger partial charge in [-0.15, -0.1) is 0 Å². The Morgan fingerprint density at radius 1 is 1.03 bits per heavy atom. The predicted molar refractivity (Wildman–Crippen MR) is 141 cm³/mol. The van der Waals surface area contributed by atoms with Crippen molar-refractivity contribution in [3.63, 3.8) is 0 Å². The van der Waals surface area contributed by atoms with Gasteiger partial charge in [0.1, 0.15) is 0 Å². The summed E-state index contributed by atoms with van der Waals surface area (Å²) < 4.78 is 1.75. The van der Waals surface area contributed by atoms with Crippen molar-refractivity contribution < 1.29 is 9.59 Å². The van der Waals surface area contributed by atoms with Crippen LogP contribution in [0.3, 0.4) is 0 Å². The predicted octanol–water partition coefficient (Wildman–Crippen LogP) is 4.32. The molecule has 2 aromatic heterocycles. The van der Waals surface area contributed by atoms with Crippen molar-refractivity contribution in [2.45, 2.75) is 33.4 Å². The van der Waals surface area contributed by atoms with E-state index in [1.54, 1.807) is 16.7 Å². The Balaban J connectivity index is 1.40. The van der Waals surface area contributed by atoms with Crippen LogP contribution < -0.4 is 10.9 Å². The lowest BCUT2D eigenvalue weighted by molar-refractivity contribution is -0.114. The van der Waals surface area contributed by atoms with Crippen molar-refractivity contribution >= 4 is 28.3 Å². The Morgan fingerprint density at radius 3 is 2.64 bits per heavy atom. The third-order valence-corrected chi connectivity index (χ3v) is 6.72. The van der Waals surface area contributed by atoms with Gasteiger partial charge in [0.15, 0.2) is 5.78 Å². The molecule has 36 heavy (non-hydrogen) atoms. The first-order valence-corrected chi connectivity index (χ1v) is 12.0. The van der Waals surface area contributed by atoms with Crippen LogP contribution in [0, 0.1) is 0 Å². The molecule has 1 aliphatic heterocycles. The minimum Gasteiger partial charge on any atom is -0.326 e. The van der Waals surface area contributed by atoms with Crippen LogP contribution in [0.2, 0.25) is 0 Å². The Morgan fingerprint density at radius 2 is 1.86 bits per heavy atom. The molecule has 1 aliphatic rings. The molecule has 7 heteroatoms. The van der Waals surface area contributed by atoms with Gasteiger partial charge in [0, 0.05) is 67.9 Å². The first-order valence-electron chi connectivity index (χ1n) is 12.0. The number of amides is 1. The van der Waals surface area contributed by atoms with Crippen molar-refractivity contribution in [1.82, 2.24) is 14.5 Å². The van der Waals surface area contributed by atoms with Gasteiger partial charge >= 0.3 is 0 Å². The van der Waals surface area contributed by atoms with Crippen molar-refractivity contribution in [1.29, 1.82) is 0 Å². The van der Waals surface area contributed by atoms with Crippen molar-refractivity contribution in [2.75, 3.05) is 11.9 Å². The molecule has 0 unspecified atom stereocenters. The molecule has 1 N–H and O–H groups in total. The second-order valence-electron chi connectivity index (χ2n) is 9.38. The van der Waals surface area contributed by atoms with Crippen LogP contribution in [0.4, 0.5) is 5.69 Å². The Kier molecular flexibility index (Phi) is 6.24. The number of carbonyl (C=O) groups is 2. The van der Waals surface area contributed by atoms with E-state index < -0.39 is 0 Å². The molecule has 0 saturated heterocycles. The highest BCUT2D eigenvalue weighted by Crippen LogP contribution is 2.25. The van der Waals surface area contributed by atoms with E-state index >= 15 is 0 Å².